The number of benzene rings is 1. The van der Waals surface area contributed by atoms with Crippen LogP contribution in [0, 0.1) is 0 Å². The molecule has 0 spiro atoms. The van der Waals surface area contributed by atoms with Crippen LogP contribution in [0.3, 0.4) is 0 Å². The summed E-state index contributed by atoms with van der Waals surface area (Å²) < 4.78 is 10.5. The second-order valence-electron chi connectivity index (χ2n) is 5.76. The largest absolute Gasteiger partial charge is 0.491 e. The summed E-state index contributed by atoms with van der Waals surface area (Å²) in [5, 5.41) is 12.2. The molecule has 2 bridgehead atoms. The van der Waals surface area contributed by atoms with E-state index >= 15 is 0 Å². The molecule has 3 nitrogen and oxygen atoms in total. The Morgan fingerprint density at radius 3 is 2.40 bits per heavy atom. The van der Waals surface area contributed by atoms with Gasteiger partial charge in [0.25, 0.3) is 0 Å². The Labute approximate surface area is 124 Å². The lowest BCUT2D eigenvalue weighted by atomic mass is 9.86. The zero-order valence-electron chi connectivity index (χ0n) is 11.9. The van der Waals surface area contributed by atoms with Crippen molar-refractivity contribution < 1.29 is 14.6 Å². The molecule has 1 aromatic rings. The van der Waals surface area contributed by atoms with E-state index in [1.165, 1.54) is 12.8 Å². The zero-order chi connectivity index (χ0) is 14.0. The highest BCUT2D eigenvalue weighted by Gasteiger charge is 2.44. The number of methoxy groups -OCH3 is 1. The lowest BCUT2D eigenvalue weighted by Crippen LogP contribution is -2.34. The van der Waals surface area contributed by atoms with E-state index in [1.54, 1.807) is 7.11 Å². The summed E-state index contributed by atoms with van der Waals surface area (Å²) in [7, 11) is 1.66. The predicted octanol–water partition coefficient (Wildman–Crippen LogP) is 2.96. The predicted molar refractivity (Wildman–Crippen MR) is 81.3 cm³/mol. The molecule has 20 heavy (non-hydrogen) atoms. The van der Waals surface area contributed by atoms with Gasteiger partial charge in [0.05, 0.1) is 12.2 Å². The van der Waals surface area contributed by atoms with Gasteiger partial charge < -0.3 is 14.6 Å². The van der Waals surface area contributed by atoms with Crippen LogP contribution in [0.25, 0.3) is 0 Å². The number of ether oxygens (including phenoxy) is 2. The van der Waals surface area contributed by atoms with E-state index in [9.17, 15) is 5.11 Å². The first kappa shape index (κ1) is 14.2. The van der Waals surface area contributed by atoms with Crippen molar-refractivity contribution in [2.24, 2.45) is 0 Å². The molecule has 0 aromatic heterocycles. The number of thioether (sulfide) groups is 1. The maximum Gasteiger partial charge on any atom is 0.119 e. The Balaban J connectivity index is 1.67. The standard InChI is InChI=1S/C16H22O3S/c1-18-8-9-19-13-4-2-12(3-5-13)16(17)10-14-6-7-15(11-16)20-14/h2-5,14-15,17H,6-11H2,1H3. The van der Waals surface area contributed by atoms with Gasteiger partial charge in [-0.15, -0.1) is 0 Å². The maximum atomic E-state index is 11.0. The van der Waals surface area contributed by atoms with Gasteiger partial charge in [-0.3, -0.25) is 0 Å². The van der Waals surface area contributed by atoms with Crippen molar-refractivity contribution in [3.05, 3.63) is 29.8 Å². The minimum absolute atomic E-state index is 0.556. The van der Waals surface area contributed by atoms with Gasteiger partial charge in [-0.1, -0.05) is 12.1 Å². The molecule has 1 N–H and O–H groups in total. The van der Waals surface area contributed by atoms with Crippen LogP contribution in [0.2, 0.25) is 0 Å². The summed E-state index contributed by atoms with van der Waals surface area (Å²) in [5.74, 6) is 0.836. The lowest BCUT2D eigenvalue weighted by molar-refractivity contribution is 0.0196. The summed E-state index contributed by atoms with van der Waals surface area (Å²) in [6.07, 6.45) is 4.29. The molecule has 0 radical (unpaired) electrons. The van der Waals surface area contributed by atoms with Crippen molar-refractivity contribution in [2.75, 3.05) is 20.3 Å². The van der Waals surface area contributed by atoms with Crippen LogP contribution in [0.4, 0.5) is 0 Å². The van der Waals surface area contributed by atoms with Crippen molar-refractivity contribution >= 4 is 11.8 Å². The van der Waals surface area contributed by atoms with E-state index in [1.807, 2.05) is 24.3 Å². The second-order valence-corrected chi connectivity index (χ2v) is 7.37. The topological polar surface area (TPSA) is 38.7 Å². The zero-order valence-corrected chi connectivity index (χ0v) is 12.7. The molecular formula is C16H22O3S. The summed E-state index contributed by atoms with van der Waals surface area (Å²) in [6, 6.07) is 7.92. The van der Waals surface area contributed by atoms with E-state index in [0.717, 1.165) is 24.2 Å². The van der Waals surface area contributed by atoms with Crippen molar-refractivity contribution in [1.82, 2.24) is 0 Å². The number of aliphatic hydroxyl groups is 1. The molecular weight excluding hydrogens is 272 g/mol. The molecule has 0 aliphatic carbocycles. The molecule has 2 fully saturated rings. The van der Waals surface area contributed by atoms with E-state index in [0.29, 0.717) is 23.7 Å². The molecule has 2 aliphatic rings. The Kier molecular flexibility index (Phi) is 4.24. The summed E-state index contributed by atoms with van der Waals surface area (Å²) in [4.78, 5) is 0. The van der Waals surface area contributed by atoms with Gasteiger partial charge in [0.15, 0.2) is 0 Å². The van der Waals surface area contributed by atoms with Crippen LogP contribution in [0.15, 0.2) is 24.3 Å². The third-order valence-corrected chi connectivity index (χ3v) is 5.85. The SMILES string of the molecule is COCCOc1ccc(C2(O)CC3CCC(C2)S3)cc1. The lowest BCUT2D eigenvalue weighted by Gasteiger charge is -2.36. The maximum absolute atomic E-state index is 11.0. The van der Waals surface area contributed by atoms with Crippen LogP contribution in [0.1, 0.15) is 31.2 Å². The van der Waals surface area contributed by atoms with E-state index < -0.39 is 5.60 Å². The fraction of sp³-hybridized carbons (Fsp3) is 0.625. The highest BCUT2D eigenvalue weighted by molar-refractivity contribution is 8.00. The Morgan fingerprint density at radius 1 is 1.15 bits per heavy atom. The molecule has 2 aliphatic heterocycles. The van der Waals surface area contributed by atoms with Gasteiger partial charge in [0.2, 0.25) is 0 Å². The number of hydrogen-bond donors (Lipinski definition) is 1. The summed E-state index contributed by atoms with van der Waals surface area (Å²) in [5.41, 5.74) is 0.399. The van der Waals surface area contributed by atoms with Gasteiger partial charge in [-0.05, 0) is 43.4 Å². The molecule has 110 valence electrons. The Hall–Kier alpha value is -0.710. The third-order valence-electron chi connectivity index (χ3n) is 4.27. The van der Waals surface area contributed by atoms with Gasteiger partial charge in [-0.25, -0.2) is 0 Å². The summed E-state index contributed by atoms with van der Waals surface area (Å²) >= 11 is 2.07. The molecule has 2 unspecified atom stereocenters. The Morgan fingerprint density at radius 2 is 1.80 bits per heavy atom. The monoisotopic (exact) mass is 294 g/mol. The van der Waals surface area contributed by atoms with E-state index in [-0.39, 0.29) is 0 Å². The first-order valence-electron chi connectivity index (χ1n) is 7.30. The average Bonchev–Trinajstić information content (AvgIpc) is 2.79. The second kappa shape index (κ2) is 5.96. The van der Waals surface area contributed by atoms with Crippen molar-refractivity contribution in [3.63, 3.8) is 0 Å². The van der Waals surface area contributed by atoms with Crippen LogP contribution in [-0.2, 0) is 10.3 Å². The average molecular weight is 294 g/mol. The van der Waals surface area contributed by atoms with Gasteiger partial charge in [-0.2, -0.15) is 11.8 Å². The molecule has 0 saturated carbocycles. The van der Waals surface area contributed by atoms with Crippen molar-refractivity contribution in [1.29, 1.82) is 0 Å². The fourth-order valence-electron chi connectivity index (χ4n) is 3.26. The molecule has 2 atom stereocenters. The molecule has 2 heterocycles. The highest BCUT2D eigenvalue weighted by atomic mass is 32.2. The van der Waals surface area contributed by atoms with Gasteiger partial charge in [0, 0.05) is 17.6 Å². The smallest absolute Gasteiger partial charge is 0.119 e. The molecule has 2 saturated heterocycles. The number of fused-ring (bicyclic) bond motifs is 2. The first-order valence-corrected chi connectivity index (χ1v) is 8.24. The van der Waals surface area contributed by atoms with Crippen molar-refractivity contribution in [2.45, 2.75) is 41.8 Å². The minimum atomic E-state index is -0.637. The van der Waals surface area contributed by atoms with E-state index in [2.05, 4.69) is 11.8 Å². The summed E-state index contributed by atoms with van der Waals surface area (Å²) in [6.45, 7) is 1.15. The van der Waals surface area contributed by atoms with Crippen LogP contribution >= 0.6 is 11.8 Å². The van der Waals surface area contributed by atoms with E-state index in [4.69, 9.17) is 9.47 Å². The van der Waals surface area contributed by atoms with Crippen LogP contribution < -0.4 is 4.74 Å². The number of hydrogen-bond acceptors (Lipinski definition) is 4. The van der Waals surface area contributed by atoms with Gasteiger partial charge >= 0.3 is 0 Å². The minimum Gasteiger partial charge on any atom is -0.491 e. The molecule has 1 aromatic carbocycles. The normalized spacial score (nSPS) is 32.3. The van der Waals surface area contributed by atoms with Gasteiger partial charge in [0.1, 0.15) is 12.4 Å². The Bertz CT molecular complexity index is 434. The highest BCUT2D eigenvalue weighted by Crippen LogP contribution is 2.51. The van der Waals surface area contributed by atoms with Crippen LogP contribution in [-0.4, -0.2) is 35.9 Å². The first-order chi connectivity index (χ1) is 9.69. The third kappa shape index (κ3) is 2.97. The number of rotatable bonds is 5. The van der Waals surface area contributed by atoms with Crippen LogP contribution in [0.5, 0.6) is 5.75 Å². The molecule has 3 rings (SSSR count). The molecule has 4 heteroatoms. The van der Waals surface area contributed by atoms with Crippen molar-refractivity contribution in [3.8, 4) is 5.75 Å². The quantitative estimate of drug-likeness (QED) is 0.847. The molecule has 0 amide bonds. The fourth-order valence-corrected chi connectivity index (χ4v) is 5.09.